The zero-order valence-corrected chi connectivity index (χ0v) is 16.2. The Morgan fingerprint density at radius 1 is 1.04 bits per heavy atom. The summed E-state index contributed by atoms with van der Waals surface area (Å²) in [7, 11) is 0. The maximum atomic E-state index is 12.5. The van der Waals surface area contributed by atoms with Crippen LogP contribution in [0.5, 0.6) is 0 Å². The van der Waals surface area contributed by atoms with Gasteiger partial charge < -0.3 is 10.4 Å². The number of carbonyl (C=O) groups is 2. The summed E-state index contributed by atoms with van der Waals surface area (Å²) >= 11 is 10.1. The van der Waals surface area contributed by atoms with Gasteiger partial charge in [0, 0.05) is 25.4 Å². The summed E-state index contributed by atoms with van der Waals surface area (Å²) in [5.41, 5.74) is 1.38. The van der Waals surface area contributed by atoms with E-state index >= 15 is 0 Å². The molecule has 1 aromatic carbocycles. The maximum Gasteiger partial charge on any atom is 0.339 e. The van der Waals surface area contributed by atoms with Gasteiger partial charge in [-0.05, 0) is 35.2 Å². The first-order valence-corrected chi connectivity index (χ1v) is 10.4. The lowest BCUT2D eigenvalue weighted by atomic mass is 10.0. The number of halogens is 1. The number of hydrogen-bond donors (Lipinski definition) is 2. The number of amides is 1. The number of thiophene rings is 3. The molecule has 0 saturated heterocycles. The number of anilines is 1. The van der Waals surface area contributed by atoms with Gasteiger partial charge in [0.25, 0.3) is 5.91 Å². The Hall–Kier alpha value is -2.19. The molecule has 3 aromatic heterocycles. The first kappa shape index (κ1) is 17.2. The molecule has 130 valence electrons. The Labute approximate surface area is 165 Å². The summed E-state index contributed by atoms with van der Waals surface area (Å²) < 4.78 is 2.10. The molecule has 0 atom stereocenters. The van der Waals surface area contributed by atoms with E-state index in [-0.39, 0.29) is 11.5 Å². The molecule has 4 nitrogen and oxygen atoms in total. The van der Waals surface area contributed by atoms with Gasteiger partial charge in [-0.25, -0.2) is 4.79 Å². The SMILES string of the molecule is O=C(Nc1scc(-c2ccc(Cl)cc2)c1C(=O)O)c1cc2sccc2s1. The normalized spacial score (nSPS) is 11.0. The molecule has 4 aromatic rings. The highest BCUT2D eigenvalue weighted by atomic mass is 35.5. The Bertz CT molecular complexity index is 1100. The van der Waals surface area contributed by atoms with E-state index in [4.69, 9.17) is 11.6 Å². The minimum atomic E-state index is -1.08. The fraction of sp³-hybridized carbons (Fsp3) is 0. The van der Waals surface area contributed by atoms with Gasteiger partial charge in [0.15, 0.2) is 0 Å². The Morgan fingerprint density at radius 2 is 1.81 bits per heavy atom. The minimum Gasteiger partial charge on any atom is -0.478 e. The molecule has 0 fully saturated rings. The highest BCUT2D eigenvalue weighted by molar-refractivity contribution is 7.28. The summed E-state index contributed by atoms with van der Waals surface area (Å²) in [6.07, 6.45) is 0. The van der Waals surface area contributed by atoms with E-state index in [1.807, 2.05) is 17.5 Å². The van der Waals surface area contributed by atoms with Crippen LogP contribution < -0.4 is 5.32 Å². The van der Waals surface area contributed by atoms with Gasteiger partial charge in [-0.15, -0.1) is 34.0 Å². The van der Waals surface area contributed by atoms with Crippen LogP contribution >= 0.6 is 45.6 Å². The van der Waals surface area contributed by atoms with E-state index in [0.29, 0.717) is 20.5 Å². The Kier molecular flexibility index (Phi) is 4.54. The van der Waals surface area contributed by atoms with E-state index in [0.717, 1.165) is 15.0 Å². The van der Waals surface area contributed by atoms with Crippen LogP contribution in [0.3, 0.4) is 0 Å². The molecule has 8 heteroatoms. The van der Waals surface area contributed by atoms with Gasteiger partial charge in [-0.3, -0.25) is 4.79 Å². The number of aromatic carboxylic acids is 1. The minimum absolute atomic E-state index is 0.0871. The summed E-state index contributed by atoms with van der Waals surface area (Å²) in [5.74, 6) is -1.39. The molecule has 4 rings (SSSR count). The molecular weight excluding hydrogens is 410 g/mol. The van der Waals surface area contributed by atoms with E-state index < -0.39 is 5.97 Å². The van der Waals surface area contributed by atoms with Crippen LogP contribution in [0.4, 0.5) is 5.00 Å². The van der Waals surface area contributed by atoms with Gasteiger partial charge in [0.05, 0.1) is 4.88 Å². The van der Waals surface area contributed by atoms with Crippen LogP contribution in [-0.4, -0.2) is 17.0 Å². The van der Waals surface area contributed by atoms with Gasteiger partial charge in [0.1, 0.15) is 10.6 Å². The van der Waals surface area contributed by atoms with Crippen molar-refractivity contribution >= 4 is 71.9 Å². The highest BCUT2D eigenvalue weighted by Gasteiger charge is 2.22. The van der Waals surface area contributed by atoms with Crippen molar-refractivity contribution in [1.29, 1.82) is 0 Å². The van der Waals surface area contributed by atoms with Gasteiger partial charge >= 0.3 is 5.97 Å². The zero-order valence-electron chi connectivity index (χ0n) is 13.0. The van der Waals surface area contributed by atoms with Crippen LogP contribution in [0.1, 0.15) is 20.0 Å². The second-order valence-electron chi connectivity index (χ2n) is 5.38. The Balaban J connectivity index is 1.68. The first-order chi connectivity index (χ1) is 12.5. The van der Waals surface area contributed by atoms with Crippen LogP contribution in [-0.2, 0) is 0 Å². The van der Waals surface area contributed by atoms with Crippen LogP contribution in [0.25, 0.3) is 20.5 Å². The van der Waals surface area contributed by atoms with Crippen molar-refractivity contribution in [3.8, 4) is 11.1 Å². The average molecular weight is 420 g/mol. The number of nitrogens with one attached hydrogen (secondary N) is 1. The number of benzene rings is 1. The second kappa shape index (κ2) is 6.85. The predicted octanol–water partition coefficient (Wildman–Crippen LogP) is 6.30. The van der Waals surface area contributed by atoms with Crippen molar-refractivity contribution in [3.63, 3.8) is 0 Å². The van der Waals surface area contributed by atoms with E-state index in [9.17, 15) is 14.7 Å². The number of carboxylic acids is 1. The Morgan fingerprint density at radius 3 is 2.50 bits per heavy atom. The van der Waals surface area contributed by atoms with Crippen molar-refractivity contribution in [1.82, 2.24) is 0 Å². The number of hydrogen-bond acceptors (Lipinski definition) is 5. The van der Waals surface area contributed by atoms with Crippen molar-refractivity contribution < 1.29 is 14.7 Å². The van der Waals surface area contributed by atoms with Crippen LogP contribution in [0, 0.1) is 0 Å². The molecule has 3 heterocycles. The molecule has 26 heavy (non-hydrogen) atoms. The van der Waals surface area contributed by atoms with Crippen LogP contribution in [0.15, 0.2) is 47.2 Å². The third kappa shape index (κ3) is 3.14. The molecule has 0 unspecified atom stereocenters. The van der Waals surface area contributed by atoms with E-state index in [2.05, 4.69) is 5.32 Å². The topological polar surface area (TPSA) is 66.4 Å². The quantitative estimate of drug-likeness (QED) is 0.408. The highest BCUT2D eigenvalue weighted by Crippen LogP contribution is 2.37. The molecule has 0 spiro atoms. The largest absolute Gasteiger partial charge is 0.478 e. The summed E-state index contributed by atoms with van der Waals surface area (Å²) in [6.45, 7) is 0. The lowest BCUT2D eigenvalue weighted by Gasteiger charge is -2.05. The summed E-state index contributed by atoms with van der Waals surface area (Å²) in [6, 6.07) is 10.7. The van der Waals surface area contributed by atoms with Crippen molar-refractivity contribution in [2.75, 3.05) is 5.32 Å². The molecule has 0 aliphatic rings. The van der Waals surface area contributed by atoms with E-state index in [1.165, 1.54) is 22.7 Å². The maximum absolute atomic E-state index is 12.5. The average Bonchev–Trinajstić information content (AvgIpc) is 3.29. The lowest BCUT2D eigenvalue weighted by molar-refractivity contribution is 0.0699. The van der Waals surface area contributed by atoms with Gasteiger partial charge in [-0.2, -0.15) is 0 Å². The fourth-order valence-electron chi connectivity index (χ4n) is 2.55. The summed E-state index contributed by atoms with van der Waals surface area (Å²) in [4.78, 5) is 24.9. The fourth-order valence-corrected chi connectivity index (χ4v) is 5.63. The van der Waals surface area contributed by atoms with Crippen molar-refractivity contribution in [3.05, 3.63) is 62.6 Å². The first-order valence-electron chi connectivity index (χ1n) is 7.42. The predicted molar refractivity (Wildman–Crippen MR) is 109 cm³/mol. The third-order valence-electron chi connectivity index (χ3n) is 3.75. The smallest absolute Gasteiger partial charge is 0.339 e. The van der Waals surface area contributed by atoms with E-state index in [1.54, 1.807) is 41.0 Å². The monoisotopic (exact) mass is 419 g/mol. The van der Waals surface area contributed by atoms with Gasteiger partial charge in [0.2, 0.25) is 0 Å². The molecular formula is C18H10ClNO3S3. The van der Waals surface area contributed by atoms with Crippen molar-refractivity contribution in [2.24, 2.45) is 0 Å². The number of rotatable bonds is 4. The summed E-state index contributed by atoms with van der Waals surface area (Å²) in [5, 5.41) is 17.0. The third-order valence-corrected chi connectivity index (χ3v) is 6.99. The second-order valence-corrected chi connectivity index (χ2v) is 8.73. The lowest BCUT2D eigenvalue weighted by Crippen LogP contribution is -2.12. The molecule has 0 bridgehead atoms. The zero-order chi connectivity index (χ0) is 18.3. The number of carbonyl (C=O) groups excluding carboxylic acids is 1. The molecule has 0 aliphatic heterocycles. The van der Waals surface area contributed by atoms with Crippen molar-refractivity contribution in [2.45, 2.75) is 0 Å². The molecule has 1 amide bonds. The molecule has 0 aliphatic carbocycles. The van der Waals surface area contributed by atoms with Gasteiger partial charge in [-0.1, -0.05) is 23.7 Å². The number of fused-ring (bicyclic) bond motifs is 1. The molecule has 0 saturated carbocycles. The van der Waals surface area contributed by atoms with Crippen LogP contribution in [0.2, 0.25) is 5.02 Å². The standard InChI is InChI=1S/C18H10ClNO3S3/c19-10-3-1-9(2-4-10)11-8-25-17(15(11)18(22)23)20-16(21)14-7-13-12(26-14)5-6-24-13/h1-8H,(H,20,21)(H,22,23). The number of carboxylic acid groups (broad SMARTS) is 1. The molecule has 2 N–H and O–H groups in total. The molecule has 0 radical (unpaired) electrons.